The molecule has 2 N–H and O–H groups in total. The summed E-state index contributed by atoms with van der Waals surface area (Å²) in [5, 5.41) is 4.99. The Hall–Kier alpha value is -3.36. The van der Waals surface area contributed by atoms with Crippen molar-refractivity contribution in [3.63, 3.8) is 0 Å². The van der Waals surface area contributed by atoms with Crippen molar-refractivity contribution in [2.75, 3.05) is 24.7 Å². The molecule has 0 aliphatic heterocycles. The average molecular weight is 407 g/mol. The van der Waals surface area contributed by atoms with Gasteiger partial charge in [0.05, 0.1) is 5.56 Å². The molecule has 0 fully saturated rings. The van der Waals surface area contributed by atoms with Gasteiger partial charge in [-0.05, 0) is 48.9 Å². The summed E-state index contributed by atoms with van der Waals surface area (Å²) < 4.78 is 39.6. The van der Waals surface area contributed by atoms with Gasteiger partial charge < -0.3 is 15.5 Å². The van der Waals surface area contributed by atoms with Crippen LogP contribution in [0, 0.1) is 6.92 Å². The van der Waals surface area contributed by atoms with Crippen LogP contribution in [0.5, 0.6) is 0 Å². The smallest absolute Gasteiger partial charge is 0.345 e. The van der Waals surface area contributed by atoms with Crippen LogP contribution in [0.4, 0.5) is 24.5 Å². The van der Waals surface area contributed by atoms with E-state index in [2.05, 4.69) is 10.6 Å². The first-order valence-electron chi connectivity index (χ1n) is 8.52. The third-order valence-corrected chi connectivity index (χ3v) is 3.96. The lowest BCUT2D eigenvalue weighted by molar-refractivity contribution is -0.137. The molecular formula is C20H20F3N3O3. The predicted molar refractivity (Wildman–Crippen MR) is 103 cm³/mol. The summed E-state index contributed by atoms with van der Waals surface area (Å²) in [6.45, 7) is 2.98. The Morgan fingerprint density at radius 2 is 1.59 bits per heavy atom. The van der Waals surface area contributed by atoms with Crippen LogP contribution in [0.3, 0.4) is 0 Å². The first-order valence-corrected chi connectivity index (χ1v) is 8.52. The maximum absolute atomic E-state index is 13.2. The Morgan fingerprint density at radius 1 is 0.931 bits per heavy atom. The van der Waals surface area contributed by atoms with Gasteiger partial charge in [0.1, 0.15) is 0 Å². The predicted octanol–water partition coefficient (Wildman–Crippen LogP) is 3.93. The summed E-state index contributed by atoms with van der Waals surface area (Å²) in [7, 11) is 2.84. The van der Waals surface area contributed by atoms with Crippen LogP contribution >= 0.6 is 0 Å². The fourth-order valence-electron chi connectivity index (χ4n) is 2.64. The molecule has 0 aliphatic carbocycles. The number of amides is 3. The maximum atomic E-state index is 13.2. The Bertz CT molecular complexity index is 969. The molecular weight excluding hydrogens is 387 g/mol. The Morgan fingerprint density at radius 3 is 2.10 bits per heavy atom. The van der Waals surface area contributed by atoms with E-state index in [1.54, 1.807) is 13.0 Å². The lowest BCUT2D eigenvalue weighted by atomic mass is 10.1. The van der Waals surface area contributed by atoms with Crippen molar-refractivity contribution in [3.8, 4) is 0 Å². The van der Waals surface area contributed by atoms with Crippen LogP contribution in [0.2, 0.25) is 0 Å². The number of halogens is 3. The zero-order chi connectivity index (χ0) is 21.9. The third kappa shape index (κ3) is 5.56. The molecule has 0 saturated carbocycles. The number of alkyl halides is 3. The molecule has 0 saturated heterocycles. The number of carbonyl (C=O) groups excluding carboxylic acids is 3. The zero-order valence-corrected chi connectivity index (χ0v) is 16.3. The highest BCUT2D eigenvalue weighted by Crippen LogP contribution is 2.32. The van der Waals surface area contributed by atoms with E-state index in [1.807, 2.05) is 0 Å². The highest BCUT2D eigenvalue weighted by molar-refractivity contribution is 6.06. The maximum Gasteiger partial charge on any atom is 0.416 e. The van der Waals surface area contributed by atoms with Crippen LogP contribution in [0.25, 0.3) is 0 Å². The number of aryl methyl sites for hydroxylation is 1. The van der Waals surface area contributed by atoms with Crippen LogP contribution in [0.15, 0.2) is 36.4 Å². The molecule has 2 aromatic carbocycles. The molecule has 6 nitrogen and oxygen atoms in total. The molecule has 154 valence electrons. The van der Waals surface area contributed by atoms with Gasteiger partial charge in [0.2, 0.25) is 5.91 Å². The minimum atomic E-state index is -4.68. The molecule has 0 radical (unpaired) electrons. The van der Waals surface area contributed by atoms with Crippen LogP contribution in [0.1, 0.15) is 38.8 Å². The van der Waals surface area contributed by atoms with E-state index in [0.717, 1.165) is 17.0 Å². The van der Waals surface area contributed by atoms with E-state index in [1.165, 1.54) is 39.2 Å². The molecule has 0 aromatic heterocycles. The topological polar surface area (TPSA) is 78.5 Å². The van der Waals surface area contributed by atoms with Gasteiger partial charge in [0.25, 0.3) is 11.8 Å². The van der Waals surface area contributed by atoms with Gasteiger partial charge in [-0.15, -0.1) is 0 Å². The molecule has 0 aliphatic rings. The van der Waals surface area contributed by atoms with Gasteiger partial charge in [0, 0.05) is 43.5 Å². The van der Waals surface area contributed by atoms with Gasteiger partial charge >= 0.3 is 6.18 Å². The van der Waals surface area contributed by atoms with Gasteiger partial charge in [-0.1, -0.05) is 0 Å². The van der Waals surface area contributed by atoms with Crippen molar-refractivity contribution in [1.29, 1.82) is 0 Å². The van der Waals surface area contributed by atoms with Crippen molar-refractivity contribution < 1.29 is 27.6 Å². The number of nitrogens with zero attached hydrogens (tertiary/aromatic N) is 1. The van der Waals surface area contributed by atoms with E-state index in [9.17, 15) is 27.6 Å². The van der Waals surface area contributed by atoms with Crippen molar-refractivity contribution >= 4 is 29.1 Å². The van der Waals surface area contributed by atoms with Crippen molar-refractivity contribution in [2.45, 2.75) is 20.0 Å². The summed E-state index contributed by atoms with van der Waals surface area (Å²) >= 11 is 0. The lowest BCUT2D eigenvalue weighted by Crippen LogP contribution is -2.23. The number of nitrogens with one attached hydrogen (secondary N) is 2. The number of rotatable bonds is 4. The molecule has 0 spiro atoms. The number of anilines is 2. The molecule has 0 atom stereocenters. The highest BCUT2D eigenvalue weighted by atomic mass is 19.4. The van der Waals surface area contributed by atoms with E-state index >= 15 is 0 Å². The fourth-order valence-corrected chi connectivity index (χ4v) is 2.64. The number of benzene rings is 2. The number of hydrogen-bond acceptors (Lipinski definition) is 3. The minimum Gasteiger partial charge on any atom is -0.345 e. The quantitative estimate of drug-likeness (QED) is 0.806. The summed E-state index contributed by atoms with van der Waals surface area (Å²) in [6, 6.07) is 7.24. The zero-order valence-electron chi connectivity index (χ0n) is 16.3. The summed E-state index contributed by atoms with van der Waals surface area (Å²) in [5.41, 5.74) is -0.164. The fraction of sp³-hybridized carbons (Fsp3) is 0.250. The number of hydrogen-bond donors (Lipinski definition) is 2. The first-order chi connectivity index (χ1) is 13.4. The van der Waals surface area contributed by atoms with E-state index in [-0.39, 0.29) is 22.7 Å². The summed E-state index contributed by atoms with van der Waals surface area (Å²) in [6.07, 6.45) is -4.68. The second-order valence-electron chi connectivity index (χ2n) is 6.66. The standard InChI is InChI=1S/C20H20F3N3O3/c1-11-7-15(24-12(2)27)5-6-17(11)18(28)25-16-9-13(19(29)26(3)4)8-14(10-16)20(21,22)23/h5-10H,1-4H3,(H,24,27)(H,25,28). The average Bonchev–Trinajstić information content (AvgIpc) is 2.59. The second kappa shape index (κ2) is 8.34. The van der Waals surface area contributed by atoms with Gasteiger partial charge in [-0.3, -0.25) is 14.4 Å². The molecule has 2 aromatic rings. The SMILES string of the molecule is CC(=O)Nc1ccc(C(=O)Nc2cc(C(=O)N(C)C)cc(C(F)(F)F)c2)c(C)c1. The monoisotopic (exact) mass is 407 g/mol. The Balaban J connectivity index is 2.37. The van der Waals surface area contributed by atoms with E-state index < -0.39 is 23.6 Å². The van der Waals surface area contributed by atoms with Crippen LogP contribution in [-0.4, -0.2) is 36.7 Å². The molecule has 9 heteroatoms. The third-order valence-electron chi connectivity index (χ3n) is 3.96. The van der Waals surface area contributed by atoms with Crippen molar-refractivity contribution in [2.24, 2.45) is 0 Å². The molecule has 2 rings (SSSR count). The normalized spacial score (nSPS) is 11.0. The molecule has 0 heterocycles. The highest BCUT2D eigenvalue weighted by Gasteiger charge is 2.32. The van der Waals surface area contributed by atoms with Crippen LogP contribution in [-0.2, 0) is 11.0 Å². The van der Waals surface area contributed by atoms with E-state index in [4.69, 9.17) is 0 Å². The van der Waals surface area contributed by atoms with Crippen molar-refractivity contribution in [1.82, 2.24) is 4.90 Å². The lowest BCUT2D eigenvalue weighted by Gasteiger charge is -2.16. The van der Waals surface area contributed by atoms with Crippen LogP contribution < -0.4 is 10.6 Å². The van der Waals surface area contributed by atoms with Crippen molar-refractivity contribution in [3.05, 3.63) is 58.7 Å². The molecule has 29 heavy (non-hydrogen) atoms. The molecule has 3 amide bonds. The Labute approximate surface area is 165 Å². The molecule has 0 bridgehead atoms. The second-order valence-corrected chi connectivity index (χ2v) is 6.66. The minimum absolute atomic E-state index is 0.152. The van der Waals surface area contributed by atoms with Gasteiger partial charge in [-0.2, -0.15) is 13.2 Å². The van der Waals surface area contributed by atoms with Gasteiger partial charge in [0.15, 0.2) is 0 Å². The summed E-state index contributed by atoms with van der Waals surface area (Å²) in [4.78, 5) is 37.0. The Kier molecular flexibility index (Phi) is 6.31. The largest absolute Gasteiger partial charge is 0.416 e. The first kappa shape index (κ1) is 21.9. The molecule has 0 unspecified atom stereocenters. The number of carbonyl (C=O) groups is 3. The van der Waals surface area contributed by atoms with E-state index in [0.29, 0.717) is 11.3 Å². The van der Waals surface area contributed by atoms with Gasteiger partial charge in [-0.25, -0.2) is 0 Å². The summed E-state index contributed by atoms with van der Waals surface area (Å²) in [5.74, 6) is -1.54.